The third-order valence-corrected chi connectivity index (χ3v) is 3.32. The van der Waals surface area contributed by atoms with Gasteiger partial charge in [0.1, 0.15) is 5.82 Å². The van der Waals surface area contributed by atoms with Gasteiger partial charge in [0, 0.05) is 33.9 Å². The van der Waals surface area contributed by atoms with E-state index in [0.717, 1.165) is 22.0 Å². The first-order chi connectivity index (χ1) is 9.70. The molecule has 0 atom stereocenters. The lowest BCUT2D eigenvalue weighted by atomic mass is 10.1. The second-order valence-corrected chi connectivity index (χ2v) is 4.73. The molecule has 2 aromatic heterocycles. The van der Waals surface area contributed by atoms with Crippen molar-refractivity contribution in [3.05, 3.63) is 48.0 Å². The van der Waals surface area contributed by atoms with Gasteiger partial charge in [0.2, 0.25) is 0 Å². The highest BCUT2D eigenvalue weighted by atomic mass is 35.5. The number of benzene rings is 1. The largest absolute Gasteiger partial charge is 0.384 e. The van der Waals surface area contributed by atoms with Gasteiger partial charge >= 0.3 is 0 Å². The lowest BCUT2D eigenvalue weighted by molar-refractivity contribution is 0.948. The Hall–Kier alpha value is -2.44. The first-order valence-electron chi connectivity index (χ1n) is 5.92. The molecule has 102 valence electrons. The number of H-pyrrole nitrogens is 1. The number of hydrazine groups is 1. The number of hydrogen-bond donors (Lipinski definition) is 4. The average molecular weight is 289 g/mol. The summed E-state index contributed by atoms with van der Waals surface area (Å²) in [5.41, 5.74) is 11.3. The molecule has 0 fully saturated rings. The van der Waals surface area contributed by atoms with Crippen LogP contribution in [0.4, 0.5) is 0 Å². The molecule has 0 aliphatic rings. The molecular weight excluding hydrogens is 276 g/mol. The van der Waals surface area contributed by atoms with Crippen LogP contribution in [0.5, 0.6) is 0 Å². The summed E-state index contributed by atoms with van der Waals surface area (Å²) in [5.74, 6) is 5.75. The Balaban J connectivity index is 2.30. The Bertz CT molecular complexity index is 772. The molecule has 0 saturated carbocycles. The number of aromatic amines is 1. The van der Waals surface area contributed by atoms with Gasteiger partial charge in [0.05, 0.1) is 17.9 Å². The van der Waals surface area contributed by atoms with E-state index in [0.29, 0.717) is 10.8 Å². The third kappa shape index (κ3) is 2.01. The van der Waals surface area contributed by atoms with E-state index in [1.165, 1.54) is 6.20 Å². The second kappa shape index (κ2) is 4.92. The zero-order chi connectivity index (χ0) is 14.1. The molecule has 0 amide bonds. The number of aromatic nitrogens is 3. The number of halogens is 1. The number of rotatable bonds is 3. The van der Waals surface area contributed by atoms with Crippen LogP contribution in [-0.4, -0.2) is 14.8 Å². The molecular formula is C13H13ClN6. The average Bonchev–Trinajstić information content (AvgIpc) is 3.04. The van der Waals surface area contributed by atoms with Gasteiger partial charge in [-0.2, -0.15) is 5.10 Å². The first-order valence-corrected chi connectivity index (χ1v) is 6.30. The van der Waals surface area contributed by atoms with Gasteiger partial charge in [-0.05, 0) is 12.1 Å². The Labute approximate surface area is 120 Å². The van der Waals surface area contributed by atoms with Crippen LogP contribution < -0.4 is 17.0 Å². The highest BCUT2D eigenvalue weighted by Gasteiger charge is 2.12. The maximum Gasteiger partial charge on any atom is 0.125 e. The standard InChI is InChI=1S/C13H13ClN6/c14-9-1-2-10-11(8-4-18-19-5-8)7-20(12(10)3-9)13(15)6-17-16/h1-7,17H,15-16H2,(H,18,19)/b13-6+. The fraction of sp³-hybridized carbons (Fsp3) is 0. The van der Waals surface area contributed by atoms with Gasteiger partial charge in [-0.25, -0.2) is 0 Å². The van der Waals surface area contributed by atoms with Crippen molar-refractivity contribution < 1.29 is 0 Å². The van der Waals surface area contributed by atoms with Gasteiger partial charge < -0.3 is 15.7 Å². The highest BCUT2D eigenvalue weighted by Crippen LogP contribution is 2.32. The van der Waals surface area contributed by atoms with E-state index >= 15 is 0 Å². The highest BCUT2D eigenvalue weighted by molar-refractivity contribution is 6.31. The summed E-state index contributed by atoms with van der Waals surface area (Å²) in [6, 6.07) is 5.66. The maximum absolute atomic E-state index is 6.07. The molecule has 0 aliphatic heterocycles. The molecule has 0 aliphatic carbocycles. The number of fused-ring (bicyclic) bond motifs is 1. The molecule has 2 heterocycles. The number of nitrogens with one attached hydrogen (secondary N) is 2. The minimum atomic E-state index is 0.467. The van der Waals surface area contributed by atoms with Crippen molar-refractivity contribution in [2.24, 2.45) is 11.6 Å². The Morgan fingerprint density at radius 3 is 3.00 bits per heavy atom. The maximum atomic E-state index is 6.07. The predicted molar refractivity (Wildman–Crippen MR) is 80.3 cm³/mol. The van der Waals surface area contributed by atoms with Crippen molar-refractivity contribution in [3.8, 4) is 11.1 Å². The van der Waals surface area contributed by atoms with Gasteiger partial charge in [0.15, 0.2) is 0 Å². The zero-order valence-corrected chi connectivity index (χ0v) is 11.2. The summed E-state index contributed by atoms with van der Waals surface area (Å²) in [7, 11) is 0. The van der Waals surface area contributed by atoms with Crippen LogP contribution in [0.25, 0.3) is 27.9 Å². The number of nitrogens with two attached hydrogens (primary N) is 2. The molecule has 20 heavy (non-hydrogen) atoms. The monoisotopic (exact) mass is 288 g/mol. The van der Waals surface area contributed by atoms with Crippen molar-refractivity contribution in [2.75, 3.05) is 0 Å². The van der Waals surface area contributed by atoms with Crippen LogP contribution >= 0.6 is 11.6 Å². The van der Waals surface area contributed by atoms with Gasteiger partial charge in [-0.1, -0.05) is 17.7 Å². The van der Waals surface area contributed by atoms with Crippen molar-refractivity contribution >= 4 is 28.3 Å². The summed E-state index contributed by atoms with van der Waals surface area (Å²) in [6.45, 7) is 0. The Morgan fingerprint density at radius 1 is 1.45 bits per heavy atom. The number of hydrogen-bond acceptors (Lipinski definition) is 4. The molecule has 6 nitrogen and oxygen atoms in total. The van der Waals surface area contributed by atoms with Crippen molar-refractivity contribution in [1.82, 2.24) is 20.2 Å². The quantitative estimate of drug-likeness (QED) is 0.437. The SMILES string of the molecule is NN/C=C(\N)n1cc(-c2cn[nH]c2)c2ccc(Cl)cc21. The Kier molecular flexibility index (Phi) is 3.09. The van der Waals surface area contributed by atoms with E-state index in [4.69, 9.17) is 23.2 Å². The molecule has 0 bridgehead atoms. The topological polar surface area (TPSA) is 97.7 Å². The summed E-state index contributed by atoms with van der Waals surface area (Å²) in [5, 5.41) is 8.45. The molecule has 3 aromatic rings. The van der Waals surface area contributed by atoms with Crippen LogP contribution in [0.15, 0.2) is 43.0 Å². The second-order valence-electron chi connectivity index (χ2n) is 4.30. The molecule has 3 rings (SSSR count). The van der Waals surface area contributed by atoms with Crippen LogP contribution in [0.1, 0.15) is 0 Å². The van der Waals surface area contributed by atoms with Crippen LogP contribution in [-0.2, 0) is 0 Å². The first kappa shape index (κ1) is 12.6. The summed E-state index contributed by atoms with van der Waals surface area (Å²) in [4.78, 5) is 0. The smallest absolute Gasteiger partial charge is 0.125 e. The fourth-order valence-corrected chi connectivity index (χ4v) is 2.36. The molecule has 0 radical (unpaired) electrons. The van der Waals surface area contributed by atoms with E-state index in [2.05, 4.69) is 15.6 Å². The lowest BCUT2D eigenvalue weighted by Gasteiger charge is -2.05. The van der Waals surface area contributed by atoms with E-state index in [-0.39, 0.29) is 0 Å². The Morgan fingerprint density at radius 2 is 2.30 bits per heavy atom. The van der Waals surface area contributed by atoms with Crippen LogP contribution in [0.3, 0.4) is 0 Å². The number of nitrogens with zero attached hydrogens (tertiary/aromatic N) is 2. The predicted octanol–water partition coefficient (Wildman–Crippen LogP) is 1.86. The van der Waals surface area contributed by atoms with Crippen molar-refractivity contribution in [1.29, 1.82) is 0 Å². The summed E-state index contributed by atoms with van der Waals surface area (Å²) in [6.07, 6.45) is 7.03. The molecule has 0 spiro atoms. The molecule has 0 saturated heterocycles. The van der Waals surface area contributed by atoms with E-state index < -0.39 is 0 Å². The fourth-order valence-electron chi connectivity index (χ4n) is 2.20. The van der Waals surface area contributed by atoms with Crippen molar-refractivity contribution in [2.45, 2.75) is 0 Å². The van der Waals surface area contributed by atoms with E-state index in [1.54, 1.807) is 6.20 Å². The normalized spacial score (nSPS) is 12.0. The third-order valence-electron chi connectivity index (χ3n) is 3.09. The lowest BCUT2D eigenvalue weighted by Crippen LogP contribution is -2.18. The van der Waals surface area contributed by atoms with Crippen molar-refractivity contribution in [3.63, 3.8) is 0 Å². The minimum absolute atomic E-state index is 0.467. The summed E-state index contributed by atoms with van der Waals surface area (Å²) < 4.78 is 1.82. The van der Waals surface area contributed by atoms with E-state index in [9.17, 15) is 0 Å². The molecule has 0 unspecified atom stereocenters. The summed E-state index contributed by atoms with van der Waals surface area (Å²) >= 11 is 6.07. The molecule has 7 heteroatoms. The van der Waals surface area contributed by atoms with E-state index in [1.807, 2.05) is 35.2 Å². The molecule has 6 N–H and O–H groups in total. The van der Waals surface area contributed by atoms with Gasteiger partial charge in [-0.3, -0.25) is 10.9 Å². The zero-order valence-electron chi connectivity index (χ0n) is 10.5. The van der Waals surface area contributed by atoms with Gasteiger partial charge in [0.25, 0.3) is 0 Å². The molecule has 1 aromatic carbocycles. The van der Waals surface area contributed by atoms with Gasteiger partial charge in [-0.15, -0.1) is 0 Å². The van der Waals surface area contributed by atoms with Crippen LogP contribution in [0.2, 0.25) is 5.02 Å². The van der Waals surface area contributed by atoms with Crippen LogP contribution in [0, 0.1) is 0 Å². The minimum Gasteiger partial charge on any atom is -0.384 e.